The van der Waals surface area contributed by atoms with Gasteiger partial charge >= 0.3 is 0 Å². The molecular formula is C17H29NO. The summed E-state index contributed by atoms with van der Waals surface area (Å²) >= 11 is 0. The molecule has 0 unspecified atom stereocenters. The number of rotatable bonds is 6. The van der Waals surface area contributed by atoms with Gasteiger partial charge in [0.05, 0.1) is 6.61 Å². The van der Waals surface area contributed by atoms with Gasteiger partial charge in [-0.05, 0) is 16.5 Å². The standard InChI is InChI=1S/C17H29NO/c1-16(2,3)14-7-9-15(10-8-14)17(4,5)13-18-11-12-19-6/h7-10,18H,11-13H2,1-6H3. The number of nitrogens with one attached hydrogen (secondary N) is 1. The fraction of sp³-hybridized carbons (Fsp3) is 0.647. The fourth-order valence-corrected chi connectivity index (χ4v) is 2.10. The molecular weight excluding hydrogens is 234 g/mol. The second-order valence-corrected chi connectivity index (χ2v) is 6.88. The molecule has 1 rings (SSSR count). The lowest BCUT2D eigenvalue weighted by Gasteiger charge is -2.27. The summed E-state index contributed by atoms with van der Waals surface area (Å²) in [7, 11) is 1.73. The number of hydrogen-bond donors (Lipinski definition) is 1. The molecule has 0 heterocycles. The van der Waals surface area contributed by atoms with Crippen LogP contribution in [0.1, 0.15) is 45.7 Å². The van der Waals surface area contributed by atoms with E-state index in [1.807, 2.05) is 0 Å². The molecule has 0 saturated heterocycles. The van der Waals surface area contributed by atoms with Crippen LogP contribution < -0.4 is 5.32 Å². The molecule has 2 heteroatoms. The molecule has 0 aromatic heterocycles. The van der Waals surface area contributed by atoms with Crippen LogP contribution >= 0.6 is 0 Å². The van der Waals surface area contributed by atoms with Gasteiger partial charge in [-0.1, -0.05) is 58.9 Å². The zero-order valence-corrected chi connectivity index (χ0v) is 13.3. The summed E-state index contributed by atoms with van der Waals surface area (Å²) in [5.41, 5.74) is 3.13. The van der Waals surface area contributed by atoms with Gasteiger partial charge in [-0.3, -0.25) is 0 Å². The maximum atomic E-state index is 5.05. The van der Waals surface area contributed by atoms with Crippen molar-refractivity contribution in [2.75, 3.05) is 26.8 Å². The van der Waals surface area contributed by atoms with Crippen molar-refractivity contribution in [3.8, 4) is 0 Å². The van der Waals surface area contributed by atoms with Crippen molar-refractivity contribution < 1.29 is 4.74 Å². The van der Waals surface area contributed by atoms with Crippen LogP contribution in [0.2, 0.25) is 0 Å². The minimum Gasteiger partial charge on any atom is -0.383 e. The van der Waals surface area contributed by atoms with Crippen LogP contribution in [0.3, 0.4) is 0 Å². The Morgan fingerprint density at radius 3 is 1.95 bits per heavy atom. The highest BCUT2D eigenvalue weighted by atomic mass is 16.5. The molecule has 0 saturated carbocycles. The van der Waals surface area contributed by atoms with E-state index in [4.69, 9.17) is 4.74 Å². The number of methoxy groups -OCH3 is 1. The third-order valence-corrected chi connectivity index (χ3v) is 3.58. The highest BCUT2D eigenvalue weighted by Crippen LogP contribution is 2.27. The van der Waals surface area contributed by atoms with Gasteiger partial charge in [0.1, 0.15) is 0 Å². The molecule has 0 aliphatic rings. The molecule has 0 radical (unpaired) electrons. The maximum Gasteiger partial charge on any atom is 0.0587 e. The summed E-state index contributed by atoms with van der Waals surface area (Å²) in [6.07, 6.45) is 0. The molecule has 0 aliphatic carbocycles. The Hall–Kier alpha value is -0.860. The molecule has 19 heavy (non-hydrogen) atoms. The van der Waals surface area contributed by atoms with Crippen molar-refractivity contribution in [3.05, 3.63) is 35.4 Å². The molecule has 108 valence electrons. The summed E-state index contributed by atoms with van der Waals surface area (Å²) in [6, 6.07) is 9.04. The highest BCUT2D eigenvalue weighted by molar-refractivity contribution is 5.31. The van der Waals surface area contributed by atoms with Crippen LogP contribution in [0.4, 0.5) is 0 Å². The van der Waals surface area contributed by atoms with E-state index < -0.39 is 0 Å². The van der Waals surface area contributed by atoms with E-state index in [1.54, 1.807) is 7.11 Å². The van der Waals surface area contributed by atoms with Crippen molar-refractivity contribution in [3.63, 3.8) is 0 Å². The quantitative estimate of drug-likeness (QED) is 0.793. The van der Waals surface area contributed by atoms with E-state index in [0.29, 0.717) is 0 Å². The lowest BCUT2D eigenvalue weighted by Crippen LogP contribution is -2.34. The van der Waals surface area contributed by atoms with Crippen molar-refractivity contribution in [2.45, 2.75) is 45.4 Å². The fourth-order valence-electron chi connectivity index (χ4n) is 2.10. The third-order valence-electron chi connectivity index (χ3n) is 3.58. The monoisotopic (exact) mass is 263 g/mol. The summed E-state index contributed by atoms with van der Waals surface area (Å²) in [5.74, 6) is 0. The van der Waals surface area contributed by atoms with E-state index in [-0.39, 0.29) is 10.8 Å². The topological polar surface area (TPSA) is 21.3 Å². The van der Waals surface area contributed by atoms with Crippen LogP contribution in [0, 0.1) is 0 Å². The van der Waals surface area contributed by atoms with Gasteiger partial charge in [0, 0.05) is 25.6 Å². The van der Waals surface area contributed by atoms with Gasteiger partial charge < -0.3 is 10.1 Å². The zero-order chi connectivity index (χ0) is 14.5. The van der Waals surface area contributed by atoms with Gasteiger partial charge in [0.2, 0.25) is 0 Å². The molecule has 1 aromatic carbocycles. The van der Waals surface area contributed by atoms with Gasteiger partial charge in [0.25, 0.3) is 0 Å². The Morgan fingerprint density at radius 1 is 0.947 bits per heavy atom. The SMILES string of the molecule is COCCNCC(C)(C)c1ccc(C(C)(C)C)cc1. The molecule has 0 amide bonds. The number of hydrogen-bond acceptors (Lipinski definition) is 2. The molecule has 1 aromatic rings. The first kappa shape index (κ1) is 16.2. The second-order valence-electron chi connectivity index (χ2n) is 6.88. The first-order valence-electron chi connectivity index (χ1n) is 7.08. The van der Waals surface area contributed by atoms with Crippen molar-refractivity contribution in [1.29, 1.82) is 0 Å². The zero-order valence-electron chi connectivity index (χ0n) is 13.3. The van der Waals surface area contributed by atoms with E-state index in [2.05, 4.69) is 64.2 Å². The Morgan fingerprint density at radius 2 is 1.47 bits per heavy atom. The van der Waals surface area contributed by atoms with E-state index in [0.717, 1.165) is 19.7 Å². The molecule has 1 N–H and O–H groups in total. The second kappa shape index (κ2) is 6.53. The van der Waals surface area contributed by atoms with Gasteiger partial charge in [0.15, 0.2) is 0 Å². The molecule has 0 aliphatic heterocycles. The summed E-state index contributed by atoms with van der Waals surface area (Å²) in [4.78, 5) is 0. The largest absolute Gasteiger partial charge is 0.383 e. The minimum absolute atomic E-state index is 0.143. The molecule has 0 bridgehead atoms. The van der Waals surface area contributed by atoms with E-state index >= 15 is 0 Å². The Kier molecular flexibility index (Phi) is 5.57. The van der Waals surface area contributed by atoms with Crippen LogP contribution in [-0.4, -0.2) is 26.8 Å². The van der Waals surface area contributed by atoms with Crippen LogP contribution in [0.25, 0.3) is 0 Å². The number of benzene rings is 1. The normalized spacial score (nSPS) is 12.7. The van der Waals surface area contributed by atoms with E-state index in [1.165, 1.54) is 11.1 Å². The molecule has 0 atom stereocenters. The van der Waals surface area contributed by atoms with Gasteiger partial charge in [-0.2, -0.15) is 0 Å². The minimum atomic E-state index is 0.143. The average Bonchev–Trinajstić information content (AvgIpc) is 2.34. The maximum absolute atomic E-state index is 5.05. The van der Waals surface area contributed by atoms with Crippen molar-refractivity contribution >= 4 is 0 Å². The lowest BCUT2D eigenvalue weighted by molar-refractivity contribution is 0.197. The van der Waals surface area contributed by atoms with Crippen LogP contribution in [-0.2, 0) is 15.6 Å². The first-order chi connectivity index (χ1) is 8.77. The molecule has 0 spiro atoms. The van der Waals surface area contributed by atoms with Gasteiger partial charge in [-0.25, -0.2) is 0 Å². The van der Waals surface area contributed by atoms with Crippen molar-refractivity contribution in [2.24, 2.45) is 0 Å². The Labute approximate surface area is 118 Å². The van der Waals surface area contributed by atoms with Crippen LogP contribution in [0.5, 0.6) is 0 Å². The third kappa shape index (κ3) is 4.96. The van der Waals surface area contributed by atoms with Crippen LogP contribution in [0.15, 0.2) is 24.3 Å². The number of ether oxygens (including phenoxy) is 1. The highest BCUT2D eigenvalue weighted by Gasteiger charge is 2.21. The first-order valence-corrected chi connectivity index (χ1v) is 7.08. The molecule has 0 fully saturated rings. The average molecular weight is 263 g/mol. The lowest BCUT2D eigenvalue weighted by atomic mass is 9.81. The summed E-state index contributed by atoms with van der Waals surface area (Å²) in [6.45, 7) is 13.9. The Bertz CT molecular complexity index is 373. The van der Waals surface area contributed by atoms with Gasteiger partial charge in [-0.15, -0.1) is 0 Å². The Balaban J connectivity index is 2.68. The predicted molar refractivity (Wildman–Crippen MR) is 82.9 cm³/mol. The predicted octanol–water partition coefficient (Wildman–Crippen LogP) is 3.50. The molecule has 2 nitrogen and oxygen atoms in total. The van der Waals surface area contributed by atoms with E-state index in [9.17, 15) is 0 Å². The van der Waals surface area contributed by atoms with Crippen molar-refractivity contribution in [1.82, 2.24) is 5.32 Å². The smallest absolute Gasteiger partial charge is 0.0587 e. The summed E-state index contributed by atoms with van der Waals surface area (Å²) < 4.78 is 5.05. The summed E-state index contributed by atoms with van der Waals surface area (Å²) in [5, 5.41) is 3.44.